The van der Waals surface area contributed by atoms with E-state index in [0.717, 1.165) is 31.6 Å². The Kier molecular flexibility index (Phi) is 3.79. The summed E-state index contributed by atoms with van der Waals surface area (Å²) in [7, 11) is 1.87. The Labute approximate surface area is 103 Å². The molecule has 1 atom stereocenters. The molecule has 0 spiro atoms. The molecular formula is C14H20N2O. The van der Waals surface area contributed by atoms with E-state index >= 15 is 0 Å². The second-order valence-corrected chi connectivity index (χ2v) is 4.78. The zero-order chi connectivity index (χ0) is 12.3. The number of carbonyl (C=O) groups excluding carboxylic acids is 1. The Hall–Kier alpha value is -1.35. The number of carbonyl (C=O) groups is 1. The number of amides is 1. The highest BCUT2D eigenvalue weighted by Crippen LogP contribution is 2.19. The lowest BCUT2D eigenvalue weighted by Crippen LogP contribution is -2.41. The first kappa shape index (κ1) is 12.1. The highest BCUT2D eigenvalue weighted by atomic mass is 16.2. The molecule has 0 radical (unpaired) electrons. The van der Waals surface area contributed by atoms with Gasteiger partial charge in [0, 0.05) is 19.3 Å². The molecule has 1 N–H and O–H groups in total. The Morgan fingerprint density at radius 1 is 1.47 bits per heavy atom. The highest BCUT2D eigenvalue weighted by molar-refractivity contribution is 5.94. The molecule has 1 aliphatic heterocycles. The van der Waals surface area contributed by atoms with Crippen LogP contribution in [0.25, 0.3) is 0 Å². The third-order valence-corrected chi connectivity index (χ3v) is 3.37. The number of benzene rings is 1. The van der Waals surface area contributed by atoms with E-state index in [1.54, 1.807) is 4.90 Å². The summed E-state index contributed by atoms with van der Waals surface area (Å²) in [5.41, 5.74) is 2.17. The van der Waals surface area contributed by atoms with Crippen molar-refractivity contribution in [3.63, 3.8) is 0 Å². The van der Waals surface area contributed by atoms with Crippen LogP contribution in [0.2, 0.25) is 0 Å². The fraction of sp³-hybridized carbons (Fsp3) is 0.500. The third kappa shape index (κ3) is 2.86. The quantitative estimate of drug-likeness (QED) is 0.845. The van der Waals surface area contributed by atoms with Crippen molar-refractivity contribution in [2.75, 3.05) is 25.0 Å². The minimum Gasteiger partial charge on any atom is -0.316 e. The van der Waals surface area contributed by atoms with Crippen LogP contribution in [0.5, 0.6) is 0 Å². The average Bonchev–Trinajstić information content (AvgIpc) is 2.38. The van der Waals surface area contributed by atoms with Crippen molar-refractivity contribution in [3.8, 4) is 0 Å². The number of anilines is 1. The van der Waals surface area contributed by atoms with Crippen LogP contribution in [0.1, 0.15) is 18.4 Å². The van der Waals surface area contributed by atoms with Crippen LogP contribution in [-0.2, 0) is 4.79 Å². The van der Waals surface area contributed by atoms with Crippen LogP contribution >= 0.6 is 0 Å². The minimum absolute atomic E-state index is 0.134. The number of hydrogen-bond acceptors (Lipinski definition) is 2. The molecule has 0 bridgehead atoms. The number of nitrogens with one attached hydrogen (secondary N) is 1. The summed E-state index contributed by atoms with van der Waals surface area (Å²) in [6, 6.07) is 8.08. The molecule has 17 heavy (non-hydrogen) atoms. The molecule has 1 aromatic carbocycles. The maximum absolute atomic E-state index is 12.3. The molecule has 1 heterocycles. The molecule has 1 aromatic rings. The van der Waals surface area contributed by atoms with Gasteiger partial charge in [-0.2, -0.15) is 0 Å². The Bertz CT molecular complexity index is 397. The predicted octanol–water partition coefficient (Wildman–Crippen LogP) is 1.96. The Balaban J connectivity index is 2.08. The molecule has 3 nitrogen and oxygen atoms in total. The van der Waals surface area contributed by atoms with Gasteiger partial charge in [0.15, 0.2) is 0 Å². The van der Waals surface area contributed by atoms with Crippen LogP contribution in [0.3, 0.4) is 0 Å². The molecule has 1 fully saturated rings. The first-order valence-corrected chi connectivity index (χ1v) is 6.23. The third-order valence-electron chi connectivity index (χ3n) is 3.37. The van der Waals surface area contributed by atoms with Crippen molar-refractivity contribution in [1.29, 1.82) is 0 Å². The average molecular weight is 232 g/mol. The van der Waals surface area contributed by atoms with Gasteiger partial charge in [0.05, 0.1) is 5.92 Å². The van der Waals surface area contributed by atoms with E-state index in [1.165, 1.54) is 5.56 Å². The number of nitrogens with zero attached hydrogens (tertiary/aromatic N) is 1. The topological polar surface area (TPSA) is 32.3 Å². The van der Waals surface area contributed by atoms with Crippen molar-refractivity contribution in [3.05, 3.63) is 29.8 Å². The van der Waals surface area contributed by atoms with E-state index < -0.39 is 0 Å². The van der Waals surface area contributed by atoms with Gasteiger partial charge in [0.1, 0.15) is 0 Å². The lowest BCUT2D eigenvalue weighted by atomic mass is 9.98. The zero-order valence-corrected chi connectivity index (χ0v) is 10.6. The van der Waals surface area contributed by atoms with Gasteiger partial charge in [-0.3, -0.25) is 4.79 Å². The minimum atomic E-state index is 0.134. The fourth-order valence-corrected chi connectivity index (χ4v) is 2.30. The van der Waals surface area contributed by atoms with Crippen LogP contribution in [0, 0.1) is 12.8 Å². The first-order valence-electron chi connectivity index (χ1n) is 6.23. The van der Waals surface area contributed by atoms with Gasteiger partial charge in [-0.05, 0) is 44.0 Å². The second kappa shape index (κ2) is 5.32. The van der Waals surface area contributed by atoms with E-state index in [4.69, 9.17) is 0 Å². The molecule has 1 unspecified atom stereocenters. The Morgan fingerprint density at radius 2 is 2.29 bits per heavy atom. The van der Waals surface area contributed by atoms with Gasteiger partial charge in [-0.25, -0.2) is 0 Å². The SMILES string of the molecule is Cc1cccc(N(C)C(=O)C2CCCNC2)c1. The maximum Gasteiger partial charge on any atom is 0.231 e. The molecule has 3 heteroatoms. The smallest absolute Gasteiger partial charge is 0.231 e. The fourth-order valence-electron chi connectivity index (χ4n) is 2.30. The van der Waals surface area contributed by atoms with Gasteiger partial charge >= 0.3 is 0 Å². The van der Waals surface area contributed by atoms with Crippen molar-refractivity contribution in [1.82, 2.24) is 5.32 Å². The molecule has 0 aromatic heterocycles. The van der Waals surface area contributed by atoms with Crippen LogP contribution in [0.15, 0.2) is 24.3 Å². The number of piperidine rings is 1. The van der Waals surface area contributed by atoms with Crippen LogP contribution in [0.4, 0.5) is 5.69 Å². The largest absolute Gasteiger partial charge is 0.316 e. The Morgan fingerprint density at radius 3 is 2.94 bits per heavy atom. The molecule has 1 amide bonds. The molecule has 0 saturated carbocycles. The second-order valence-electron chi connectivity index (χ2n) is 4.78. The number of hydrogen-bond donors (Lipinski definition) is 1. The predicted molar refractivity (Wildman–Crippen MR) is 70.2 cm³/mol. The molecule has 2 rings (SSSR count). The van der Waals surface area contributed by atoms with Gasteiger partial charge in [0.2, 0.25) is 5.91 Å². The van der Waals surface area contributed by atoms with Gasteiger partial charge < -0.3 is 10.2 Å². The lowest BCUT2D eigenvalue weighted by Gasteiger charge is -2.27. The molecule has 1 aliphatic rings. The number of aryl methyl sites for hydroxylation is 1. The van der Waals surface area contributed by atoms with Crippen LogP contribution in [-0.4, -0.2) is 26.0 Å². The van der Waals surface area contributed by atoms with Crippen molar-refractivity contribution >= 4 is 11.6 Å². The summed E-state index contributed by atoms with van der Waals surface area (Å²) in [6.45, 7) is 3.90. The summed E-state index contributed by atoms with van der Waals surface area (Å²) >= 11 is 0. The zero-order valence-electron chi connectivity index (χ0n) is 10.6. The van der Waals surface area contributed by atoms with Crippen molar-refractivity contribution < 1.29 is 4.79 Å². The highest BCUT2D eigenvalue weighted by Gasteiger charge is 2.24. The van der Waals surface area contributed by atoms with E-state index in [9.17, 15) is 4.79 Å². The number of rotatable bonds is 2. The molecule has 0 aliphatic carbocycles. The summed E-state index contributed by atoms with van der Waals surface area (Å²) < 4.78 is 0. The standard InChI is InChI=1S/C14H20N2O/c1-11-5-3-7-13(9-11)16(2)14(17)12-6-4-8-15-10-12/h3,5,7,9,12,15H,4,6,8,10H2,1-2H3. The maximum atomic E-state index is 12.3. The van der Waals surface area contributed by atoms with E-state index in [-0.39, 0.29) is 11.8 Å². The normalized spacial score (nSPS) is 20.0. The van der Waals surface area contributed by atoms with E-state index in [1.807, 2.05) is 38.2 Å². The van der Waals surface area contributed by atoms with Gasteiger partial charge in [-0.15, -0.1) is 0 Å². The van der Waals surface area contributed by atoms with Gasteiger partial charge in [0.25, 0.3) is 0 Å². The van der Waals surface area contributed by atoms with E-state index in [0.29, 0.717) is 0 Å². The summed E-state index contributed by atoms with van der Waals surface area (Å²) in [5.74, 6) is 0.358. The summed E-state index contributed by atoms with van der Waals surface area (Å²) in [6.07, 6.45) is 2.10. The molecule has 1 saturated heterocycles. The molecular weight excluding hydrogens is 212 g/mol. The molecule has 92 valence electrons. The van der Waals surface area contributed by atoms with Gasteiger partial charge in [-0.1, -0.05) is 12.1 Å². The monoisotopic (exact) mass is 232 g/mol. The van der Waals surface area contributed by atoms with E-state index in [2.05, 4.69) is 5.32 Å². The summed E-state index contributed by atoms with van der Waals surface area (Å²) in [5, 5.41) is 3.29. The summed E-state index contributed by atoms with van der Waals surface area (Å²) in [4.78, 5) is 14.1. The van der Waals surface area contributed by atoms with Crippen molar-refractivity contribution in [2.45, 2.75) is 19.8 Å². The lowest BCUT2D eigenvalue weighted by molar-refractivity contribution is -0.122. The van der Waals surface area contributed by atoms with Crippen LogP contribution < -0.4 is 10.2 Å². The van der Waals surface area contributed by atoms with Crippen molar-refractivity contribution in [2.24, 2.45) is 5.92 Å². The first-order chi connectivity index (χ1) is 8.18.